The molecule has 0 aliphatic rings. The first kappa shape index (κ1) is 17.6. The Hall–Kier alpha value is -1.36. The van der Waals surface area contributed by atoms with Crippen molar-refractivity contribution in [2.45, 2.75) is 58.0 Å². The highest BCUT2D eigenvalue weighted by atomic mass is 16.5. The molecule has 0 rings (SSSR count). The topological polar surface area (TPSA) is 86.7 Å². The zero-order chi connectivity index (χ0) is 14.5. The van der Waals surface area contributed by atoms with E-state index in [-0.39, 0.29) is 6.61 Å². The van der Waals surface area contributed by atoms with E-state index in [0.29, 0.717) is 12.5 Å². The summed E-state index contributed by atoms with van der Waals surface area (Å²) in [5.41, 5.74) is 0. The first-order valence-electron chi connectivity index (χ1n) is 6.80. The van der Waals surface area contributed by atoms with Crippen LogP contribution in [0.4, 0.5) is 0 Å². The molecule has 5 nitrogen and oxygen atoms in total. The lowest BCUT2D eigenvalue weighted by Gasteiger charge is -2.10. The summed E-state index contributed by atoms with van der Waals surface area (Å²) >= 11 is 0. The molecule has 1 atom stereocenters. The maximum Gasteiger partial charge on any atom is 0.330 e. The van der Waals surface area contributed by atoms with Crippen molar-refractivity contribution >= 4 is 11.9 Å². The van der Waals surface area contributed by atoms with Gasteiger partial charge in [-0.05, 0) is 12.5 Å². The second-order valence-electron chi connectivity index (χ2n) is 4.49. The van der Waals surface area contributed by atoms with Crippen molar-refractivity contribution in [2.24, 2.45) is 0 Å². The zero-order valence-electron chi connectivity index (χ0n) is 11.5. The van der Waals surface area contributed by atoms with Gasteiger partial charge in [-0.25, -0.2) is 4.79 Å². The van der Waals surface area contributed by atoms with Crippen LogP contribution in [-0.2, 0) is 14.3 Å². The molecule has 0 aromatic rings. The fourth-order valence-electron chi connectivity index (χ4n) is 1.61. The van der Waals surface area contributed by atoms with Crippen LogP contribution in [0.15, 0.2) is 12.2 Å². The lowest BCUT2D eigenvalue weighted by Crippen LogP contribution is -2.20. The average molecular weight is 271 g/mol. The van der Waals surface area contributed by atoms with Gasteiger partial charge in [-0.3, -0.25) is 0 Å². The summed E-state index contributed by atoms with van der Waals surface area (Å²) < 4.78 is 4.68. The minimum absolute atomic E-state index is 0.106. The Morgan fingerprint density at radius 1 is 1.16 bits per heavy atom. The lowest BCUT2D eigenvalue weighted by atomic mass is 10.1. The molecule has 0 aliphatic carbocycles. The first-order valence-corrected chi connectivity index (χ1v) is 6.80. The van der Waals surface area contributed by atoms with E-state index in [0.717, 1.165) is 25.3 Å². The number of aliphatic hydroxyl groups excluding tert-OH is 1. The van der Waals surface area contributed by atoms with Crippen LogP contribution in [0.2, 0.25) is 0 Å². The Morgan fingerprint density at radius 2 is 1.79 bits per heavy atom. The van der Waals surface area contributed by atoms with Crippen molar-refractivity contribution in [3.8, 4) is 0 Å². The van der Waals surface area contributed by atoms with Crippen molar-refractivity contribution in [3.05, 3.63) is 12.2 Å². The largest absolute Gasteiger partial charge is 0.545 e. The third kappa shape index (κ3) is 12.9. The molecule has 5 heteroatoms. The molecular formula is C14H23O5-. The molecule has 1 N–H and O–H groups in total. The molecule has 0 heterocycles. The Morgan fingerprint density at radius 3 is 2.42 bits per heavy atom. The molecule has 0 aromatic heterocycles. The fourth-order valence-corrected chi connectivity index (χ4v) is 1.61. The quantitative estimate of drug-likeness (QED) is 0.343. The number of carboxylic acid groups (broad SMARTS) is 1. The number of ether oxygens (including phenoxy) is 1. The van der Waals surface area contributed by atoms with E-state index in [1.54, 1.807) is 0 Å². The van der Waals surface area contributed by atoms with E-state index in [4.69, 9.17) is 0 Å². The first-order chi connectivity index (χ1) is 9.06. The number of rotatable bonds is 11. The molecule has 0 bridgehead atoms. The number of hydrogen-bond donors (Lipinski definition) is 1. The van der Waals surface area contributed by atoms with Crippen molar-refractivity contribution in [1.82, 2.24) is 0 Å². The molecule has 0 aliphatic heterocycles. The SMILES string of the molecule is CCCCCCCCC(O)COC(=O)/C=C/C(=O)[O-]. The van der Waals surface area contributed by atoms with Crippen LogP contribution in [0.3, 0.4) is 0 Å². The summed E-state index contributed by atoms with van der Waals surface area (Å²) in [6, 6.07) is 0. The van der Waals surface area contributed by atoms with Crippen molar-refractivity contribution < 1.29 is 24.5 Å². The summed E-state index contributed by atoms with van der Waals surface area (Å²) in [4.78, 5) is 21.0. The van der Waals surface area contributed by atoms with Crippen LogP contribution in [-0.4, -0.2) is 29.8 Å². The van der Waals surface area contributed by atoms with Crippen LogP contribution < -0.4 is 5.11 Å². The molecule has 0 amide bonds. The van der Waals surface area contributed by atoms with Crippen molar-refractivity contribution in [2.75, 3.05) is 6.61 Å². The summed E-state index contributed by atoms with van der Waals surface area (Å²) in [6.45, 7) is 2.05. The van der Waals surface area contributed by atoms with E-state index in [2.05, 4.69) is 11.7 Å². The molecule has 0 radical (unpaired) electrons. The van der Waals surface area contributed by atoms with Crippen LogP contribution in [0.1, 0.15) is 51.9 Å². The fraction of sp³-hybridized carbons (Fsp3) is 0.714. The van der Waals surface area contributed by atoms with Gasteiger partial charge >= 0.3 is 5.97 Å². The minimum Gasteiger partial charge on any atom is -0.545 e. The van der Waals surface area contributed by atoms with E-state index in [1.165, 1.54) is 19.3 Å². The van der Waals surface area contributed by atoms with E-state index in [9.17, 15) is 19.8 Å². The highest BCUT2D eigenvalue weighted by Gasteiger charge is 2.06. The van der Waals surface area contributed by atoms with Crippen molar-refractivity contribution in [3.63, 3.8) is 0 Å². The monoisotopic (exact) mass is 271 g/mol. The lowest BCUT2D eigenvalue weighted by molar-refractivity contribution is -0.297. The standard InChI is InChI=1S/C14H24O5/c1-2-3-4-5-6-7-8-12(15)11-19-14(18)10-9-13(16)17/h9-10,12,15H,2-8,11H2,1H3,(H,16,17)/p-1/b10-9+. The summed E-state index contributed by atoms with van der Waals surface area (Å²) in [6.07, 6.45) is 8.06. The molecule has 19 heavy (non-hydrogen) atoms. The van der Waals surface area contributed by atoms with Crippen molar-refractivity contribution in [1.29, 1.82) is 0 Å². The second kappa shape index (κ2) is 11.7. The van der Waals surface area contributed by atoms with Gasteiger partial charge in [-0.15, -0.1) is 0 Å². The molecule has 0 spiro atoms. The van der Waals surface area contributed by atoms with E-state index >= 15 is 0 Å². The Bertz CT molecular complexity index is 286. The average Bonchev–Trinajstić information content (AvgIpc) is 2.38. The number of unbranched alkanes of at least 4 members (excludes halogenated alkanes) is 5. The van der Waals surface area contributed by atoms with Gasteiger partial charge in [0.05, 0.1) is 12.1 Å². The number of esters is 1. The summed E-state index contributed by atoms with van der Waals surface area (Å²) in [5.74, 6) is -2.24. The maximum absolute atomic E-state index is 11.0. The van der Waals surface area contributed by atoms with Gasteiger partial charge in [0.25, 0.3) is 0 Å². The van der Waals surface area contributed by atoms with Gasteiger partial charge in [-0.2, -0.15) is 0 Å². The molecule has 1 unspecified atom stereocenters. The zero-order valence-corrected chi connectivity index (χ0v) is 11.5. The molecular weight excluding hydrogens is 248 g/mol. The third-order valence-corrected chi connectivity index (χ3v) is 2.66. The van der Waals surface area contributed by atoms with Gasteiger partial charge in [0, 0.05) is 6.08 Å². The number of hydrogen-bond acceptors (Lipinski definition) is 5. The molecule has 0 fully saturated rings. The minimum atomic E-state index is -1.45. The van der Waals surface area contributed by atoms with Crippen LogP contribution in [0.5, 0.6) is 0 Å². The summed E-state index contributed by atoms with van der Waals surface area (Å²) in [7, 11) is 0. The highest BCUT2D eigenvalue weighted by Crippen LogP contribution is 2.08. The van der Waals surface area contributed by atoms with Gasteiger partial charge in [0.2, 0.25) is 0 Å². The van der Waals surface area contributed by atoms with Gasteiger partial charge < -0.3 is 19.7 Å². The highest BCUT2D eigenvalue weighted by molar-refractivity contribution is 5.89. The number of carboxylic acids is 1. The van der Waals surface area contributed by atoms with Gasteiger partial charge in [-0.1, -0.05) is 45.4 Å². The predicted octanol–water partition coefficient (Wildman–Crippen LogP) is 0.947. The van der Waals surface area contributed by atoms with Gasteiger partial charge in [0.1, 0.15) is 6.61 Å². The molecule has 0 aromatic carbocycles. The molecule has 0 saturated heterocycles. The number of carbonyl (C=O) groups is 2. The predicted molar refractivity (Wildman–Crippen MR) is 69.1 cm³/mol. The molecule has 0 saturated carbocycles. The third-order valence-electron chi connectivity index (χ3n) is 2.66. The molecule has 110 valence electrons. The normalized spacial score (nSPS) is 12.5. The van der Waals surface area contributed by atoms with E-state index in [1.807, 2.05) is 0 Å². The second-order valence-corrected chi connectivity index (χ2v) is 4.49. The number of aliphatic hydroxyl groups is 1. The van der Waals surface area contributed by atoms with E-state index < -0.39 is 18.0 Å². The smallest absolute Gasteiger partial charge is 0.330 e. The number of aliphatic carboxylic acids is 1. The Balaban J connectivity index is 3.51. The van der Waals surface area contributed by atoms with Crippen LogP contribution in [0, 0.1) is 0 Å². The van der Waals surface area contributed by atoms with Crippen LogP contribution in [0.25, 0.3) is 0 Å². The van der Waals surface area contributed by atoms with Crippen LogP contribution >= 0.6 is 0 Å². The Kier molecular flexibility index (Phi) is 10.9. The Labute approximate surface area is 114 Å². The summed E-state index contributed by atoms with van der Waals surface area (Å²) in [5, 5.41) is 19.6. The maximum atomic E-state index is 11.0. The van der Waals surface area contributed by atoms with Gasteiger partial charge in [0.15, 0.2) is 0 Å². The number of carbonyl (C=O) groups excluding carboxylic acids is 2.